The number of hydrogen-bond donors (Lipinski definition) is 0. The second-order valence-corrected chi connectivity index (χ2v) is 5.56. The zero-order chi connectivity index (χ0) is 13.9. The van der Waals surface area contributed by atoms with Crippen LogP contribution in [0.4, 0.5) is 0 Å². The summed E-state index contributed by atoms with van der Waals surface area (Å²) in [6, 6.07) is 3.49. The highest BCUT2D eigenvalue weighted by Gasteiger charge is 2.24. The van der Waals surface area contributed by atoms with Gasteiger partial charge in [-0.2, -0.15) is 0 Å². The third-order valence-corrected chi connectivity index (χ3v) is 3.84. The smallest absolute Gasteiger partial charge is 0.283 e. The van der Waals surface area contributed by atoms with E-state index >= 15 is 0 Å². The number of rotatable bonds is 4. The number of furan rings is 1. The van der Waals surface area contributed by atoms with Crippen molar-refractivity contribution < 1.29 is 13.6 Å². The summed E-state index contributed by atoms with van der Waals surface area (Å²) in [5.41, 5.74) is 0. The molecule has 106 valence electrons. The van der Waals surface area contributed by atoms with Crippen molar-refractivity contribution in [3.05, 3.63) is 22.7 Å². The molecule has 2 aromatic heterocycles. The highest BCUT2D eigenvalue weighted by atomic mass is 79.9. The van der Waals surface area contributed by atoms with E-state index < -0.39 is 0 Å². The Hall–Kier alpha value is -1.47. The third-order valence-electron chi connectivity index (χ3n) is 3.41. The van der Waals surface area contributed by atoms with E-state index in [1.807, 2.05) is 0 Å². The van der Waals surface area contributed by atoms with E-state index in [4.69, 9.17) is 8.83 Å². The molecule has 0 saturated carbocycles. The van der Waals surface area contributed by atoms with Crippen LogP contribution >= 0.6 is 15.9 Å². The first kappa shape index (κ1) is 13.5. The molecule has 3 rings (SSSR count). The average molecular weight is 340 g/mol. The van der Waals surface area contributed by atoms with Gasteiger partial charge >= 0.3 is 0 Å². The Bertz CT molecular complexity index is 595. The fourth-order valence-electron chi connectivity index (χ4n) is 2.39. The standard InChI is InChI=1S/C13H14BrN3O3/c14-11-5-4-10(19-11)13-16-15-12(20-13)7-17-6-2-1-3-9(17)8-18/h4-5,8-9H,1-3,6-7H2. The quantitative estimate of drug-likeness (QED) is 0.797. The minimum atomic E-state index is -0.0446. The third kappa shape index (κ3) is 2.83. The fraction of sp³-hybridized carbons (Fsp3) is 0.462. The summed E-state index contributed by atoms with van der Waals surface area (Å²) in [5.74, 6) is 1.38. The summed E-state index contributed by atoms with van der Waals surface area (Å²) in [4.78, 5) is 13.1. The lowest BCUT2D eigenvalue weighted by atomic mass is 10.0. The van der Waals surface area contributed by atoms with Gasteiger partial charge in [-0.1, -0.05) is 6.42 Å². The summed E-state index contributed by atoms with van der Waals surface area (Å²) < 4.78 is 11.6. The monoisotopic (exact) mass is 339 g/mol. The van der Waals surface area contributed by atoms with Gasteiger partial charge in [0.2, 0.25) is 5.89 Å². The van der Waals surface area contributed by atoms with Crippen LogP contribution in [0.3, 0.4) is 0 Å². The van der Waals surface area contributed by atoms with Crippen molar-refractivity contribution in [1.82, 2.24) is 15.1 Å². The summed E-state index contributed by atoms with van der Waals surface area (Å²) in [5, 5.41) is 7.98. The molecule has 1 aliphatic rings. The Morgan fingerprint density at radius 2 is 2.25 bits per heavy atom. The van der Waals surface area contributed by atoms with Gasteiger partial charge in [0.05, 0.1) is 12.6 Å². The number of halogens is 1. The SMILES string of the molecule is O=CC1CCCCN1Cc1nnc(-c2ccc(Br)o2)o1. The van der Waals surface area contributed by atoms with E-state index in [0.29, 0.717) is 28.8 Å². The van der Waals surface area contributed by atoms with Crippen molar-refractivity contribution in [2.75, 3.05) is 6.54 Å². The van der Waals surface area contributed by atoms with E-state index in [-0.39, 0.29) is 6.04 Å². The second kappa shape index (κ2) is 5.88. The summed E-state index contributed by atoms with van der Waals surface area (Å²) >= 11 is 3.23. The van der Waals surface area contributed by atoms with E-state index in [2.05, 4.69) is 31.0 Å². The molecule has 1 aliphatic heterocycles. The first-order valence-corrected chi connectivity index (χ1v) is 7.33. The molecule has 0 spiro atoms. The number of carbonyl (C=O) groups is 1. The molecule has 1 saturated heterocycles. The van der Waals surface area contributed by atoms with Crippen molar-refractivity contribution in [3.8, 4) is 11.7 Å². The van der Waals surface area contributed by atoms with Crippen molar-refractivity contribution in [2.45, 2.75) is 31.8 Å². The van der Waals surface area contributed by atoms with Crippen LogP contribution < -0.4 is 0 Å². The normalized spacial score (nSPS) is 20.1. The molecular formula is C13H14BrN3O3. The highest BCUT2D eigenvalue weighted by molar-refractivity contribution is 9.10. The lowest BCUT2D eigenvalue weighted by Gasteiger charge is -2.30. The molecule has 0 amide bonds. The Labute approximate surface area is 124 Å². The molecule has 0 N–H and O–H groups in total. The van der Waals surface area contributed by atoms with Crippen LogP contribution in [-0.4, -0.2) is 34.0 Å². The van der Waals surface area contributed by atoms with Gasteiger partial charge in [-0.25, -0.2) is 0 Å². The second-order valence-electron chi connectivity index (χ2n) is 4.77. The number of nitrogens with zero attached hydrogens (tertiary/aromatic N) is 3. The van der Waals surface area contributed by atoms with Crippen LogP contribution in [0.1, 0.15) is 25.2 Å². The first-order valence-electron chi connectivity index (χ1n) is 6.53. The molecule has 1 atom stereocenters. The van der Waals surface area contributed by atoms with Gasteiger partial charge in [-0.05, 0) is 47.4 Å². The van der Waals surface area contributed by atoms with Crippen molar-refractivity contribution in [2.24, 2.45) is 0 Å². The van der Waals surface area contributed by atoms with Crippen LogP contribution in [0.25, 0.3) is 11.7 Å². The number of aromatic nitrogens is 2. The molecule has 0 bridgehead atoms. The van der Waals surface area contributed by atoms with Crippen LogP contribution in [-0.2, 0) is 11.3 Å². The molecule has 1 unspecified atom stereocenters. The van der Waals surface area contributed by atoms with Crippen LogP contribution in [0, 0.1) is 0 Å². The molecule has 3 heterocycles. The molecule has 6 nitrogen and oxygen atoms in total. The largest absolute Gasteiger partial charge is 0.444 e. The van der Waals surface area contributed by atoms with E-state index in [1.54, 1.807) is 12.1 Å². The maximum Gasteiger partial charge on any atom is 0.283 e. The van der Waals surface area contributed by atoms with Crippen LogP contribution in [0.5, 0.6) is 0 Å². The van der Waals surface area contributed by atoms with E-state index in [1.165, 1.54) is 0 Å². The van der Waals surface area contributed by atoms with Crippen molar-refractivity contribution >= 4 is 22.2 Å². The molecule has 20 heavy (non-hydrogen) atoms. The molecule has 0 radical (unpaired) electrons. The van der Waals surface area contributed by atoms with Gasteiger partial charge in [-0.3, -0.25) is 4.90 Å². The lowest BCUT2D eigenvalue weighted by molar-refractivity contribution is -0.113. The Kier molecular flexibility index (Phi) is 3.98. The maximum absolute atomic E-state index is 11.1. The summed E-state index contributed by atoms with van der Waals surface area (Å²) in [6.45, 7) is 1.38. The van der Waals surface area contributed by atoms with E-state index in [9.17, 15) is 4.79 Å². The number of piperidine rings is 1. The lowest BCUT2D eigenvalue weighted by Crippen LogP contribution is -2.39. The Morgan fingerprint density at radius 3 is 3.00 bits per heavy atom. The topological polar surface area (TPSA) is 72.4 Å². The van der Waals surface area contributed by atoms with Crippen LogP contribution in [0.2, 0.25) is 0 Å². The maximum atomic E-state index is 11.1. The molecular weight excluding hydrogens is 326 g/mol. The van der Waals surface area contributed by atoms with Crippen molar-refractivity contribution in [3.63, 3.8) is 0 Å². The predicted octanol–water partition coefficient (Wildman–Crippen LogP) is 2.65. The Morgan fingerprint density at radius 1 is 1.35 bits per heavy atom. The van der Waals surface area contributed by atoms with E-state index in [0.717, 1.165) is 32.1 Å². The minimum Gasteiger partial charge on any atom is -0.444 e. The zero-order valence-electron chi connectivity index (χ0n) is 10.8. The fourth-order valence-corrected chi connectivity index (χ4v) is 2.69. The summed E-state index contributed by atoms with van der Waals surface area (Å²) in [7, 11) is 0. The summed E-state index contributed by atoms with van der Waals surface area (Å²) in [6.07, 6.45) is 4.08. The Balaban J connectivity index is 1.72. The highest BCUT2D eigenvalue weighted by Crippen LogP contribution is 2.25. The predicted molar refractivity (Wildman–Crippen MR) is 73.8 cm³/mol. The van der Waals surface area contributed by atoms with Crippen molar-refractivity contribution in [1.29, 1.82) is 0 Å². The van der Waals surface area contributed by atoms with Crippen LogP contribution in [0.15, 0.2) is 25.6 Å². The first-order chi connectivity index (χ1) is 9.76. The van der Waals surface area contributed by atoms with Gasteiger partial charge in [0.15, 0.2) is 10.4 Å². The number of carbonyl (C=O) groups excluding carboxylic acids is 1. The van der Waals surface area contributed by atoms with Gasteiger partial charge in [-0.15, -0.1) is 10.2 Å². The minimum absolute atomic E-state index is 0.0446. The molecule has 1 fully saturated rings. The molecule has 7 heteroatoms. The molecule has 0 aliphatic carbocycles. The zero-order valence-corrected chi connectivity index (χ0v) is 12.4. The van der Waals surface area contributed by atoms with Gasteiger partial charge < -0.3 is 13.6 Å². The van der Waals surface area contributed by atoms with Gasteiger partial charge in [0.25, 0.3) is 5.89 Å². The number of likely N-dealkylation sites (tertiary alicyclic amines) is 1. The van der Waals surface area contributed by atoms with Gasteiger partial charge in [0.1, 0.15) is 6.29 Å². The number of hydrogen-bond acceptors (Lipinski definition) is 6. The molecule has 0 aromatic carbocycles. The molecule has 2 aromatic rings. The average Bonchev–Trinajstić information content (AvgIpc) is 3.08. The van der Waals surface area contributed by atoms with Gasteiger partial charge in [0, 0.05) is 0 Å². The number of aldehydes is 1.